The van der Waals surface area contributed by atoms with Crippen molar-refractivity contribution < 1.29 is 4.74 Å². The summed E-state index contributed by atoms with van der Waals surface area (Å²) in [5.41, 5.74) is 2.56. The van der Waals surface area contributed by atoms with E-state index in [0.29, 0.717) is 5.92 Å². The normalized spacial score (nSPS) is 11.0. The average Bonchev–Trinajstić information content (AvgIpc) is 2.42. The second-order valence-electron chi connectivity index (χ2n) is 5.21. The summed E-state index contributed by atoms with van der Waals surface area (Å²) < 4.78 is 5.48. The maximum atomic E-state index is 5.48. The molecule has 0 amide bonds. The van der Waals surface area contributed by atoms with Gasteiger partial charge in [0.1, 0.15) is 5.75 Å². The van der Waals surface area contributed by atoms with E-state index < -0.39 is 0 Å². The van der Waals surface area contributed by atoms with Crippen molar-refractivity contribution in [3.63, 3.8) is 0 Å². The Bertz CT molecular complexity index is 364. The van der Waals surface area contributed by atoms with Crippen LogP contribution in [0.25, 0.3) is 0 Å². The second-order valence-corrected chi connectivity index (χ2v) is 5.21. The fourth-order valence-corrected chi connectivity index (χ4v) is 2.04. The lowest BCUT2D eigenvalue weighted by atomic mass is 10.0. The van der Waals surface area contributed by atoms with Crippen molar-refractivity contribution >= 4 is 0 Å². The minimum atomic E-state index is 0.539. The average molecular weight is 264 g/mol. The lowest BCUT2D eigenvalue weighted by molar-refractivity contribution is 0.406. The van der Waals surface area contributed by atoms with Crippen LogP contribution < -0.4 is 15.4 Å². The van der Waals surface area contributed by atoms with Crippen LogP contribution in [-0.2, 0) is 6.54 Å². The molecule has 0 aliphatic rings. The van der Waals surface area contributed by atoms with Crippen molar-refractivity contribution in [3.05, 3.63) is 29.3 Å². The number of hydrogen-bond acceptors (Lipinski definition) is 3. The van der Waals surface area contributed by atoms with Gasteiger partial charge < -0.3 is 15.4 Å². The van der Waals surface area contributed by atoms with Crippen molar-refractivity contribution in [1.29, 1.82) is 0 Å². The van der Waals surface area contributed by atoms with Crippen LogP contribution in [0.3, 0.4) is 0 Å². The molecule has 0 heterocycles. The molecule has 0 aliphatic heterocycles. The standard InChI is InChI=1S/C16H28N2O/c1-13(2)14-7-8-15(16(11-14)19-4)12-18-10-6-5-9-17-3/h7-8,11,13,17-18H,5-6,9-10,12H2,1-4H3. The summed E-state index contributed by atoms with van der Waals surface area (Å²) in [6, 6.07) is 6.53. The van der Waals surface area contributed by atoms with Gasteiger partial charge in [0.25, 0.3) is 0 Å². The SMILES string of the molecule is CNCCCCNCc1ccc(C(C)C)cc1OC. The minimum absolute atomic E-state index is 0.539. The van der Waals surface area contributed by atoms with Gasteiger partial charge in [-0.3, -0.25) is 0 Å². The van der Waals surface area contributed by atoms with Crippen molar-refractivity contribution in [3.8, 4) is 5.75 Å². The first-order valence-corrected chi connectivity index (χ1v) is 7.21. The predicted molar refractivity (Wildman–Crippen MR) is 82.0 cm³/mol. The molecule has 0 radical (unpaired) electrons. The zero-order valence-corrected chi connectivity index (χ0v) is 12.8. The van der Waals surface area contributed by atoms with Crippen LogP contribution in [-0.4, -0.2) is 27.2 Å². The molecule has 3 heteroatoms. The van der Waals surface area contributed by atoms with Gasteiger partial charge in [0.2, 0.25) is 0 Å². The monoisotopic (exact) mass is 264 g/mol. The molecule has 0 bridgehead atoms. The van der Waals surface area contributed by atoms with Gasteiger partial charge in [-0.05, 0) is 50.5 Å². The van der Waals surface area contributed by atoms with Crippen molar-refractivity contribution in [2.75, 3.05) is 27.2 Å². The topological polar surface area (TPSA) is 33.3 Å². The third-order valence-electron chi connectivity index (χ3n) is 3.32. The Balaban J connectivity index is 2.44. The molecule has 108 valence electrons. The highest BCUT2D eigenvalue weighted by Crippen LogP contribution is 2.24. The smallest absolute Gasteiger partial charge is 0.123 e. The molecule has 0 unspecified atom stereocenters. The van der Waals surface area contributed by atoms with E-state index in [1.165, 1.54) is 24.0 Å². The van der Waals surface area contributed by atoms with Gasteiger partial charge >= 0.3 is 0 Å². The zero-order valence-electron chi connectivity index (χ0n) is 12.8. The van der Waals surface area contributed by atoms with E-state index in [2.05, 4.69) is 42.7 Å². The van der Waals surface area contributed by atoms with Crippen molar-refractivity contribution in [1.82, 2.24) is 10.6 Å². The fourth-order valence-electron chi connectivity index (χ4n) is 2.04. The Morgan fingerprint density at radius 2 is 1.89 bits per heavy atom. The van der Waals surface area contributed by atoms with Crippen LogP contribution in [0.2, 0.25) is 0 Å². The van der Waals surface area contributed by atoms with Gasteiger partial charge in [-0.2, -0.15) is 0 Å². The molecule has 2 N–H and O–H groups in total. The molecule has 0 aliphatic carbocycles. The lowest BCUT2D eigenvalue weighted by Gasteiger charge is -2.13. The van der Waals surface area contributed by atoms with Crippen LogP contribution in [0.15, 0.2) is 18.2 Å². The molecule has 1 rings (SSSR count). The molecule has 19 heavy (non-hydrogen) atoms. The highest BCUT2D eigenvalue weighted by molar-refractivity contribution is 5.38. The maximum Gasteiger partial charge on any atom is 0.123 e. The molecule has 1 aromatic carbocycles. The summed E-state index contributed by atoms with van der Waals surface area (Å²) in [7, 11) is 3.74. The third-order valence-corrected chi connectivity index (χ3v) is 3.32. The van der Waals surface area contributed by atoms with Crippen molar-refractivity contribution in [2.45, 2.75) is 39.2 Å². The molecule has 3 nitrogen and oxygen atoms in total. The zero-order chi connectivity index (χ0) is 14.1. The number of methoxy groups -OCH3 is 1. The summed E-state index contributed by atoms with van der Waals surface area (Å²) in [5.74, 6) is 1.53. The van der Waals surface area contributed by atoms with Gasteiger partial charge in [0, 0.05) is 12.1 Å². The molecule has 0 atom stereocenters. The Morgan fingerprint density at radius 3 is 2.53 bits per heavy atom. The van der Waals surface area contributed by atoms with E-state index in [1.807, 2.05) is 7.05 Å². The van der Waals surface area contributed by atoms with Crippen LogP contribution in [0.4, 0.5) is 0 Å². The van der Waals surface area contributed by atoms with E-state index in [4.69, 9.17) is 4.74 Å². The number of ether oxygens (including phenoxy) is 1. The Labute approximate surface area is 117 Å². The summed E-state index contributed by atoms with van der Waals surface area (Å²) in [6.07, 6.45) is 2.42. The van der Waals surface area contributed by atoms with E-state index >= 15 is 0 Å². The largest absolute Gasteiger partial charge is 0.496 e. The number of unbranched alkanes of at least 4 members (excludes halogenated alkanes) is 1. The molecular formula is C16H28N2O. The molecule has 0 fully saturated rings. The minimum Gasteiger partial charge on any atom is -0.496 e. The molecular weight excluding hydrogens is 236 g/mol. The molecule has 0 aromatic heterocycles. The van der Waals surface area contributed by atoms with Gasteiger partial charge in [0.05, 0.1) is 7.11 Å². The molecule has 1 aromatic rings. The van der Waals surface area contributed by atoms with E-state index in [1.54, 1.807) is 7.11 Å². The first-order chi connectivity index (χ1) is 9.19. The maximum absolute atomic E-state index is 5.48. The van der Waals surface area contributed by atoms with E-state index in [-0.39, 0.29) is 0 Å². The third kappa shape index (κ3) is 5.62. The van der Waals surface area contributed by atoms with Crippen LogP contribution in [0.5, 0.6) is 5.75 Å². The van der Waals surface area contributed by atoms with Crippen LogP contribution in [0.1, 0.15) is 43.7 Å². The summed E-state index contributed by atoms with van der Waals surface area (Å²) >= 11 is 0. The first-order valence-electron chi connectivity index (χ1n) is 7.21. The highest BCUT2D eigenvalue weighted by Gasteiger charge is 2.06. The fraction of sp³-hybridized carbons (Fsp3) is 0.625. The van der Waals surface area contributed by atoms with Crippen molar-refractivity contribution in [2.24, 2.45) is 0 Å². The Hall–Kier alpha value is -1.06. The summed E-state index contributed by atoms with van der Waals surface area (Å²) in [4.78, 5) is 0. The predicted octanol–water partition coefficient (Wildman–Crippen LogP) is 2.91. The van der Waals surface area contributed by atoms with Crippen LogP contribution >= 0.6 is 0 Å². The van der Waals surface area contributed by atoms with E-state index in [0.717, 1.165) is 25.4 Å². The van der Waals surface area contributed by atoms with Gasteiger partial charge in [0.15, 0.2) is 0 Å². The molecule has 0 saturated carbocycles. The van der Waals surface area contributed by atoms with Crippen LogP contribution in [0, 0.1) is 0 Å². The van der Waals surface area contributed by atoms with Gasteiger partial charge in [-0.25, -0.2) is 0 Å². The van der Waals surface area contributed by atoms with Gasteiger partial charge in [-0.15, -0.1) is 0 Å². The number of hydrogen-bond donors (Lipinski definition) is 2. The lowest BCUT2D eigenvalue weighted by Crippen LogP contribution is -2.17. The number of benzene rings is 1. The molecule has 0 saturated heterocycles. The van der Waals surface area contributed by atoms with Gasteiger partial charge in [-0.1, -0.05) is 26.0 Å². The summed E-state index contributed by atoms with van der Waals surface area (Å²) in [5, 5.41) is 6.64. The Morgan fingerprint density at radius 1 is 1.16 bits per heavy atom. The quantitative estimate of drug-likeness (QED) is 0.673. The second kappa shape index (κ2) is 8.94. The van der Waals surface area contributed by atoms with E-state index in [9.17, 15) is 0 Å². The Kier molecular flexibility index (Phi) is 7.53. The number of rotatable bonds is 9. The number of nitrogens with one attached hydrogen (secondary N) is 2. The summed E-state index contributed by atoms with van der Waals surface area (Å²) in [6.45, 7) is 7.43. The molecule has 0 spiro atoms. The highest BCUT2D eigenvalue weighted by atomic mass is 16.5. The first kappa shape index (κ1) is 16.0.